The number of hydrogen-bond donors (Lipinski definition) is 0. The highest BCUT2D eigenvalue weighted by Gasteiger charge is 2.29. The van der Waals surface area contributed by atoms with Gasteiger partial charge in [0.05, 0.1) is 24.9 Å². The molecule has 1 fully saturated rings. The fourth-order valence-electron chi connectivity index (χ4n) is 3.12. The van der Waals surface area contributed by atoms with Crippen LogP contribution in [0.1, 0.15) is 34.6 Å². The Morgan fingerprint density at radius 3 is 2.84 bits per heavy atom. The highest BCUT2D eigenvalue weighted by atomic mass is 16.5. The second-order valence-electron chi connectivity index (χ2n) is 6.18. The molecule has 0 bridgehead atoms. The molecule has 2 aromatic heterocycles. The van der Waals surface area contributed by atoms with Crippen LogP contribution < -0.4 is 9.47 Å². The van der Waals surface area contributed by atoms with E-state index in [-0.39, 0.29) is 18.0 Å². The summed E-state index contributed by atoms with van der Waals surface area (Å²) in [6.07, 6.45) is 3.25. The van der Waals surface area contributed by atoms with Crippen LogP contribution in [-0.4, -0.2) is 56.9 Å². The minimum Gasteiger partial charge on any atom is -0.472 e. The lowest BCUT2D eigenvalue weighted by atomic mass is 10.1. The van der Waals surface area contributed by atoms with Crippen molar-refractivity contribution >= 4 is 5.91 Å². The molecule has 1 saturated heterocycles. The first-order chi connectivity index (χ1) is 12.0. The van der Waals surface area contributed by atoms with E-state index in [1.54, 1.807) is 16.9 Å². The van der Waals surface area contributed by atoms with E-state index < -0.39 is 0 Å². The van der Waals surface area contributed by atoms with Crippen LogP contribution in [0, 0.1) is 13.8 Å². The number of carbonyl (C=O) groups excluding carboxylic acids is 1. The summed E-state index contributed by atoms with van der Waals surface area (Å²) in [6.45, 7) is 5.03. The molecule has 0 radical (unpaired) electrons. The van der Waals surface area contributed by atoms with Gasteiger partial charge in [-0.1, -0.05) is 0 Å². The second-order valence-corrected chi connectivity index (χ2v) is 6.18. The zero-order chi connectivity index (χ0) is 18.0. The van der Waals surface area contributed by atoms with Gasteiger partial charge in [-0.25, -0.2) is 4.98 Å². The molecule has 0 saturated carbocycles. The van der Waals surface area contributed by atoms with Crippen LogP contribution >= 0.6 is 0 Å². The maximum Gasteiger partial charge on any atom is 0.319 e. The zero-order valence-electron chi connectivity index (χ0n) is 15.0. The predicted molar refractivity (Wildman–Crippen MR) is 90.8 cm³/mol. The maximum absolute atomic E-state index is 12.9. The van der Waals surface area contributed by atoms with Crippen molar-refractivity contribution in [3.05, 3.63) is 29.2 Å². The van der Waals surface area contributed by atoms with Gasteiger partial charge in [0.15, 0.2) is 0 Å². The van der Waals surface area contributed by atoms with Gasteiger partial charge >= 0.3 is 6.01 Å². The smallest absolute Gasteiger partial charge is 0.319 e. The van der Waals surface area contributed by atoms with E-state index in [9.17, 15) is 4.79 Å². The third kappa shape index (κ3) is 3.57. The van der Waals surface area contributed by atoms with Gasteiger partial charge in [0.2, 0.25) is 5.88 Å². The van der Waals surface area contributed by atoms with Crippen LogP contribution in [0.4, 0.5) is 0 Å². The van der Waals surface area contributed by atoms with Gasteiger partial charge in [0.1, 0.15) is 6.10 Å². The Bertz CT molecular complexity index is 774. The number of nitrogens with zero attached hydrogens (tertiary/aromatic N) is 5. The van der Waals surface area contributed by atoms with Crippen molar-refractivity contribution in [2.24, 2.45) is 7.05 Å². The number of piperidine rings is 1. The SMILES string of the molecule is COc1nccc(OC2CCCN(C(=O)c3c(C)nn(C)c3C)C2)n1. The Balaban J connectivity index is 1.71. The van der Waals surface area contributed by atoms with Crippen LogP contribution in [0.3, 0.4) is 0 Å². The lowest BCUT2D eigenvalue weighted by Gasteiger charge is -2.32. The summed E-state index contributed by atoms with van der Waals surface area (Å²) in [5.41, 5.74) is 2.33. The molecule has 1 aliphatic heterocycles. The molecule has 2 aromatic rings. The summed E-state index contributed by atoms with van der Waals surface area (Å²) in [5.74, 6) is 0.469. The highest BCUT2D eigenvalue weighted by Crippen LogP contribution is 2.21. The molecular weight excluding hydrogens is 322 g/mol. The quantitative estimate of drug-likeness (QED) is 0.835. The highest BCUT2D eigenvalue weighted by molar-refractivity contribution is 5.96. The molecule has 1 unspecified atom stereocenters. The Kier molecular flexibility index (Phi) is 4.87. The number of likely N-dealkylation sites (tertiary alicyclic amines) is 1. The van der Waals surface area contributed by atoms with Crippen molar-refractivity contribution < 1.29 is 14.3 Å². The van der Waals surface area contributed by atoms with E-state index in [1.807, 2.05) is 25.8 Å². The van der Waals surface area contributed by atoms with Crippen molar-refractivity contribution in [3.8, 4) is 11.9 Å². The third-order valence-electron chi connectivity index (χ3n) is 4.47. The van der Waals surface area contributed by atoms with E-state index in [4.69, 9.17) is 9.47 Å². The molecule has 1 aliphatic rings. The normalized spacial score (nSPS) is 17.4. The fraction of sp³-hybridized carbons (Fsp3) is 0.529. The topological polar surface area (TPSA) is 82.4 Å². The summed E-state index contributed by atoms with van der Waals surface area (Å²) < 4.78 is 12.7. The molecule has 3 heterocycles. The summed E-state index contributed by atoms with van der Waals surface area (Å²) in [5, 5.41) is 4.34. The first-order valence-electron chi connectivity index (χ1n) is 8.32. The van der Waals surface area contributed by atoms with E-state index in [1.165, 1.54) is 7.11 Å². The largest absolute Gasteiger partial charge is 0.472 e. The molecule has 1 atom stereocenters. The Morgan fingerprint density at radius 1 is 1.36 bits per heavy atom. The molecule has 0 N–H and O–H groups in total. The lowest BCUT2D eigenvalue weighted by Crippen LogP contribution is -2.44. The number of rotatable bonds is 4. The Hall–Kier alpha value is -2.64. The van der Waals surface area contributed by atoms with Crippen LogP contribution in [0.25, 0.3) is 0 Å². The molecule has 8 heteroatoms. The molecule has 0 spiro atoms. The van der Waals surface area contributed by atoms with Gasteiger partial charge < -0.3 is 14.4 Å². The summed E-state index contributed by atoms with van der Waals surface area (Å²) in [7, 11) is 3.36. The Labute approximate surface area is 146 Å². The van der Waals surface area contributed by atoms with Crippen LogP contribution in [-0.2, 0) is 7.05 Å². The average molecular weight is 345 g/mol. The molecule has 25 heavy (non-hydrogen) atoms. The third-order valence-corrected chi connectivity index (χ3v) is 4.47. The molecule has 1 amide bonds. The molecular formula is C17H23N5O3. The number of hydrogen-bond acceptors (Lipinski definition) is 6. The second kappa shape index (κ2) is 7.08. The van der Waals surface area contributed by atoms with E-state index in [2.05, 4.69) is 15.1 Å². The predicted octanol–water partition coefficient (Wildman–Crippen LogP) is 1.52. The first kappa shape index (κ1) is 17.2. The van der Waals surface area contributed by atoms with Crippen LogP contribution in [0.2, 0.25) is 0 Å². The van der Waals surface area contributed by atoms with Crippen LogP contribution in [0.15, 0.2) is 12.3 Å². The number of methoxy groups -OCH3 is 1. The van der Waals surface area contributed by atoms with Crippen molar-refractivity contribution in [3.63, 3.8) is 0 Å². The van der Waals surface area contributed by atoms with Crippen molar-refractivity contribution in [1.29, 1.82) is 0 Å². The number of carbonyl (C=O) groups is 1. The van der Waals surface area contributed by atoms with Crippen molar-refractivity contribution in [2.45, 2.75) is 32.8 Å². The Morgan fingerprint density at radius 2 is 2.16 bits per heavy atom. The first-order valence-corrected chi connectivity index (χ1v) is 8.32. The average Bonchev–Trinajstić information content (AvgIpc) is 2.87. The molecule has 0 aromatic carbocycles. The minimum absolute atomic E-state index is 0.0108. The minimum atomic E-state index is -0.102. The maximum atomic E-state index is 12.9. The van der Waals surface area contributed by atoms with E-state index in [0.717, 1.165) is 30.8 Å². The van der Waals surface area contributed by atoms with Crippen LogP contribution in [0.5, 0.6) is 11.9 Å². The van der Waals surface area contributed by atoms with Crippen molar-refractivity contribution in [1.82, 2.24) is 24.6 Å². The summed E-state index contributed by atoms with van der Waals surface area (Å²) in [4.78, 5) is 22.9. The van der Waals surface area contributed by atoms with Gasteiger partial charge in [-0.2, -0.15) is 10.1 Å². The number of aromatic nitrogens is 4. The van der Waals surface area contributed by atoms with Crippen molar-refractivity contribution in [2.75, 3.05) is 20.2 Å². The standard InChI is InChI=1S/C17H23N5O3/c1-11-15(12(2)21(3)20-11)16(23)22-9-5-6-13(10-22)25-14-7-8-18-17(19-14)24-4/h7-8,13H,5-6,9-10H2,1-4H3. The monoisotopic (exact) mass is 345 g/mol. The van der Waals surface area contributed by atoms with Gasteiger partial charge in [0, 0.05) is 31.5 Å². The molecule has 3 rings (SSSR count). The molecule has 0 aliphatic carbocycles. The lowest BCUT2D eigenvalue weighted by molar-refractivity contribution is 0.0524. The number of aryl methyl sites for hydroxylation is 2. The number of ether oxygens (including phenoxy) is 2. The summed E-state index contributed by atoms with van der Waals surface area (Å²) in [6, 6.07) is 1.96. The molecule has 134 valence electrons. The van der Waals surface area contributed by atoms with Gasteiger partial charge in [-0.3, -0.25) is 9.48 Å². The van der Waals surface area contributed by atoms with E-state index in [0.29, 0.717) is 18.0 Å². The fourth-order valence-corrected chi connectivity index (χ4v) is 3.12. The molecule has 8 nitrogen and oxygen atoms in total. The van der Waals surface area contributed by atoms with Gasteiger partial charge in [-0.15, -0.1) is 0 Å². The zero-order valence-corrected chi connectivity index (χ0v) is 15.0. The summed E-state index contributed by atoms with van der Waals surface area (Å²) >= 11 is 0. The van der Waals surface area contributed by atoms with Gasteiger partial charge in [0.25, 0.3) is 5.91 Å². The van der Waals surface area contributed by atoms with Gasteiger partial charge in [-0.05, 0) is 26.7 Å². The number of amides is 1. The van der Waals surface area contributed by atoms with E-state index >= 15 is 0 Å².